The smallest absolute Gasteiger partial charge is 0.283 e. The van der Waals surface area contributed by atoms with Gasteiger partial charge in [0.25, 0.3) is 11.5 Å². The number of aromatic nitrogens is 5. The van der Waals surface area contributed by atoms with E-state index in [1.807, 2.05) is 44.2 Å². The number of Topliss-reactive ketones (excluding diaryl/α,β-unsaturated/α-hetero) is 1. The zero-order chi connectivity index (χ0) is 21.7. The molecule has 8 nitrogen and oxygen atoms in total. The molecule has 1 atom stereocenters. The first-order chi connectivity index (χ1) is 14.9. The lowest BCUT2D eigenvalue weighted by molar-refractivity contribution is 0.0964. The minimum absolute atomic E-state index is 0.00809. The molecule has 5 rings (SSSR count). The number of nitrogens with one attached hydrogen (secondary N) is 1. The second kappa shape index (κ2) is 7.16. The number of carbonyl (C=O) groups excluding carboxylic acids is 1. The van der Waals surface area contributed by atoms with Crippen molar-refractivity contribution in [3.05, 3.63) is 75.0 Å². The average molecular weight is 415 g/mol. The van der Waals surface area contributed by atoms with Crippen LogP contribution in [0, 0.1) is 13.8 Å². The molecule has 4 aromatic rings. The molecule has 1 N–H and O–H groups in total. The van der Waals surface area contributed by atoms with Crippen molar-refractivity contribution in [1.29, 1.82) is 0 Å². The number of benzene rings is 1. The Bertz CT molecular complexity index is 1360. The maximum absolute atomic E-state index is 13.3. The van der Waals surface area contributed by atoms with Crippen LogP contribution < -0.4 is 10.3 Å². The van der Waals surface area contributed by atoms with Gasteiger partial charge in [-0.25, -0.2) is 15.0 Å². The fraction of sp³-hybridized carbons (Fsp3) is 0.261. The molecule has 156 valence electrons. The van der Waals surface area contributed by atoms with E-state index in [4.69, 9.17) is 4.74 Å². The van der Waals surface area contributed by atoms with Gasteiger partial charge in [0.05, 0.1) is 12.5 Å². The molecule has 8 heteroatoms. The van der Waals surface area contributed by atoms with Crippen LogP contribution in [-0.2, 0) is 6.42 Å². The summed E-state index contributed by atoms with van der Waals surface area (Å²) in [5.74, 6) is 1.01. The lowest BCUT2D eigenvalue weighted by atomic mass is 9.79. The van der Waals surface area contributed by atoms with Crippen LogP contribution in [-0.4, -0.2) is 37.6 Å². The van der Waals surface area contributed by atoms with E-state index in [9.17, 15) is 9.59 Å². The molecule has 1 aliphatic carbocycles. The lowest BCUT2D eigenvalue weighted by Crippen LogP contribution is -2.22. The number of pyridine rings is 1. The number of hydrogen-bond donors (Lipinski definition) is 1. The Kier molecular flexibility index (Phi) is 4.43. The molecule has 3 heterocycles. The Morgan fingerprint density at radius 2 is 1.77 bits per heavy atom. The standard InChI is InChI=1S/C23H21N5O3/c1-12-8-13(2)26-23(25-12)28-22(30)20-17-9-15(14-4-6-16(31-3)7-5-14)10-19(29)18(17)11-24-21(20)27-28/h4-8,11,15H,9-10H2,1-3H3,(H,24,27)/t15-/m1/s1. The number of fused-ring (bicyclic) bond motifs is 3. The summed E-state index contributed by atoms with van der Waals surface area (Å²) in [6, 6.07) is 9.56. The van der Waals surface area contributed by atoms with Gasteiger partial charge < -0.3 is 4.74 Å². The molecular formula is C23H21N5O3. The number of aromatic amines is 1. The van der Waals surface area contributed by atoms with Crippen molar-refractivity contribution in [1.82, 2.24) is 24.7 Å². The third kappa shape index (κ3) is 3.20. The van der Waals surface area contributed by atoms with Gasteiger partial charge in [0.15, 0.2) is 11.4 Å². The van der Waals surface area contributed by atoms with E-state index < -0.39 is 0 Å². The zero-order valence-corrected chi connectivity index (χ0v) is 17.5. The van der Waals surface area contributed by atoms with Gasteiger partial charge in [-0.3, -0.25) is 14.7 Å². The van der Waals surface area contributed by atoms with Crippen molar-refractivity contribution in [2.24, 2.45) is 0 Å². The van der Waals surface area contributed by atoms with Crippen molar-refractivity contribution in [3.63, 3.8) is 0 Å². The van der Waals surface area contributed by atoms with Crippen LogP contribution in [0.1, 0.15) is 45.2 Å². The number of H-pyrrole nitrogens is 1. The predicted molar refractivity (Wildman–Crippen MR) is 115 cm³/mol. The summed E-state index contributed by atoms with van der Waals surface area (Å²) in [5.41, 5.74) is 3.93. The van der Waals surface area contributed by atoms with Crippen LogP contribution in [0.2, 0.25) is 0 Å². The van der Waals surface area contributed by atoms with Gasteiger partial charge in [0.1, 0.15) is 5.75 Å². The first kappa shape index (κ1) is 19.2. The van der Waals surface area contributed by atoms with Crippen LogP contribution in [0.5, 0.6) is 5.75 Å². The number of ketones is 1. The molecule has 0 bridgehead atoms. The second-order valence-electron chi connectivity index (χ2n) is 7.88. The van der Waals surface area contributed by atoms with Crippen molar-refractivity contribution < 1.29 is 9.53 Å². The van der Waals surface area contributed by atoms with Gasteiger partial charge >= 0.3 is 0 Å². The number of hydrogen-bond acceptors (Lipinski definition) is 6. The van der Waals surface area contributed by atoms with Crippen LogP contribution in [0.15, 0.2) is 41.3 Å². The summed E-state index contributed by atoms with van der Waals surface area (Å²) in [4.78, 5) is 39.4. The van der Waals surface area contributed by atoms with E-state index in [0.29, 0.717) is 29.4 Å². The van der Waals surface area contributed by atoms with Gasteiger partial charge in [-0.1, -0.05) is 12.1 Å². The molecule has 0 aliphatic heterocycles. The minimum atomic E-state index is -0.299. The third-order valence-corrected chi connectivity index (χ3v) is 5.76. The van der Waals surface area contributed by atoms with Gasteiger partial charge in [-0.2, -0.15) is 4.68 Å². The zero-order valence-electron chi connectivity index (χ0n) is 17.5. The maximum atomic E-state index is 13.3. The van der Waals surface area contributed by atoms with E-state index in [1.54, 1.807) is 13.3 Å². The average Bonchev–Trinajstić information content (AvgIpc) is 3.10. The number of nitrogens with zero attached hydrogens (tertiary/aromatic N) is 4. The van der Waals surface area contributed by atoms with Crippen LogP contribution >= 0.6 is 0 Å². The number of carbonyl (C=O) groups is 1. The minimum Gasteiger partial charge on any atom is -0.497 e. The third-order valence-electron chi connectivity index (χ3n) is 5.76. The molecular weight excluding hydrogens is 394 g/mol. The summed E-state index contributed by atoms with van der Waals surface area (Å²) in [6.45, 7) is 3.70. The normalized spacial score (nSPS) is 15.8. The van der Waals surface area contributed by atoms with E-state index in [1.165, 1.54) is 4.68 Å². The summed E-state index contributed by atoms with van der Waals surface area (Å²) >= 11 is 0. The second-order valence-corrected chi connectivity index (χ2v) is 7.88. The summed E-state index contributed by atoms with van der Waals surface area (Å²) < 4.78 is 6.54. The molecule has 1 aromatic carbocycles. The Morgan fingerprint density at radius 1 is 1.06 bits per heavy atom. The van der Waals surface area contributed by atoms with E-state index in [2.05, 4.69) is 20.1 Å². The summed E-state index contributed by atoms with van der Waals surface area (Å²) in [5, 5.41) is 3.43. The fourth-order valence-corrected chi connectivity index (χ4v) is 4.30. The Labute approximate surface area is 177 Å². The van der Waals surface area contributed by atoms with E-state index in [0.717, 1.165) is 28.3 Å². The van der Waals surface area contributed by atoms with Gasteiger partial charge in [0.2, 0.25) is 0 Å². The molecule has 0 fully saturated rings. The highest BCUT2D eigenvalue weighted by Gasteiger charge is 2.30. The predicted octanol–water partition coefficient (Wildman–Crippen LogP) is 3.04. The Hall–Kier alpha value is -3.81. The maximum Gasteiger partial charge on any atom is 0.283 e. The van der Waals surface area contributed by atoms with Crippen LogP contribution in [0.3, 0.4) is 0 Å². The van der Waals surface area contributed by atoms with Crippen molar-refractivity contribution in [2.75, 3.05) is 7.11 Å². The van der Waals surface area contributed by atoms with Gasteiger partial charge in [0, 0.05) is 29.6 Å². The van der Waals surface area contributed by atoms with Gasteiger partial charge in [-0.05, 0) is 55.5 Å². The molecule has 0 spiro atoms. The first-order valence-electron chi connectivity index (χ1n) is 10.1. The number of methoxy groups -OCH3 is 1. The van der Waals surface area contributed by atoms with E-state index >= 15 is 0 Å². The molecule has 1 aliphatic rings. The number of aryl methyl sites for hydroxylation is 2. The molecule has 31 heavy (non-hydrogen) atoms. The molecule has 0 unspecified atom stereocenters. The quantitative estimate of drug-likeness (QED) is 0.552. The Morgan fingerprint density at radius 3 is 2.45 bits per heavy atom. The molecule has 3 aromatic heterocycles. The van der Waals surface area contributed by atoms with Crippen molar-refractivity contribution in [2.45, 2.75) is 32.6 Å². The van der Waals surface area contributed by atoms with Crippen molar-refractivity contribution in [3.8, 4) is 11.7 Å². The number of rotatable bonds is 3. The molecule has 0 amide bonds. The summed E-state index contributed by atoms with van der Waals surface area (Å²) in [7, 11) is 1.62. The SMILES string of the molecule is COc1ccc([C@H]2CC(=O)c3cnc4[nH]n(-c5nc(C)cc(C)n5)c(=O)c4c3C2)cc1. The highest BCUT2D eigenvalue weighted by Crippen LogP contribution is 2.35. The van der Waals surface area contributed by atoms with E-state index in [-0.39, 0.29) is 23.2 Å². The van der Waals surface area contributed by atoms with Gasteiger partial charge in [-0.15, -0.1) is 0 Å². The Balaban J connectivity index is 1.64. The lowest BCUT2D eigenvalue weighted by Gasteiger charge is -2.24. The summed E-state index contributed by atoms with van der Waals surface area (Å²) in [6.07, 6.45) is 2.52. The first-order valence-corrected chi connectivity index (χ1v) is 10.1. The molecule has 0 saturated carbocycles. The molecule has 0 saturated heterocycles. The largest absolute Gasteiger partial charge is 0.497 e. The monoisotopic (exact) mass is 415 g/mol. The van der Waals surface area contributed by atoms with Crippen LogP contribution in [0.25, 0.3) is 17.0 Å². The number of ether oxygens (including phenoxy) is 1. The fourth-order valence-electron chi connectivity index (χ4n) is 4.30. The highest BCUT2D eigenvalue weighted by molar-refractivity contribution is 6.02. The molecule has 0 radical (unpaired) electrons. The topological polar surface area (TPSA) is 103 Å². The van der Waals surface area contributed by atoms with Crippen LogP contribution in [0.4, 0.5) is 0 Å². The van der Waals surface area contributed by atoms with Crippen molar-refractivity contribution >= 4 is 16.8 Å². The highest BCUT2D eigenvalue weighted by atomic mass is 16.5.